The van der Waals surface area contributed by atoms with E-state index in [0.29, 0.717) is 5.92 Å². The van der Waals surface area contributed by atoms with E-state index in [0.717, 1.165) is 55.3 Å². The third-order valence-electron chi connectivity index (χ3n) is 6.83. The van der Waals surface area contributed by atoms with E-state index in [1.165, 1.54) is 22.5 Å². The number of rotatable bonds is 9. The van der Waals surface area contributed by atoms with Crippen LogP contribution in [0.5, 0.6) is 11.5 Å². The smallest absolute Gasteiger partial charge is 0.263 e. The second-order valence-electron chi connectivity index (χ2n) is 8.98. The summed E-state index contributed by atoms with van der Waals surface area (Å²) >= 11 is 1.52. The van der Waals surface area contributed by atoms with E-state index >= 15 is 0 Å². The van der Waals surface area contributed by atoms with Crippen molar-refractivity contribution in [1.82, 2.24) is 9.80 Å². The second-order valence-corrected chi connectivity index (χ2v) is 9.93. The molecule has 180 valence electrons. The Morgan fingerprint density at radius 1 is 1.00 bits per heavy atom. The van der Waals surface area contributed by atoms with Crippen molar-refractivity contribution < 1.29 is 14.3 Å². The van der Waals surface area contributed by atoms with Gasteiger partial charge < -0.3 is 14.4 Å². The second kappa shape index (κ2) is 11.5. The summed E-state index contributed by atoms with van der Waals surface area (Å²) in [7, 11) is 5.35. The molecule has 1 aromatic heterocycles. The van der Waals surface area contributed by atoms with E-state index in [1.54, 1.807) is 14.2 Å². The molecule has 2 aromatic carbocycles. The molecule has 1 saturated heterocycles. The highest BCUT2D eigenvalue weighted by molar-refractivity contribution is 7.12. The molecule has 0 saturated carbocycles. The maximum Gasteiger partial charge on any atom is 0.263 e. The minimum absolute atomic E-state index is 0.127. The van der Waals surface area contributed by atoms with E-state index in [-0.39, 0.29) is 11.9 Å². The summed E-state index contributed by atoms with van der Waals surface area (Å²) in [6, 6.07) is 20.7. The first-order valence-corrected chi connectivity index (χ1v) is 12.7. The fraction of sp³-hybridized carbons (Fsp3) is 0.393. The Balaban J connectivity index is 1.44. The predicted molar refractivity (Wildman–Crippen MR) is 138 cm³/mol. The Labute approximate surface area is 206 Å². The number of carbonyl (C=O) groups is 1. The van der Waals surface area contributed by atoms with Crippen molar-refractivity contribution in [3.05, 3.63) is 82.0 Å². The van der Waals surface area contributed by atoms with Gasteiger partial charge in [-0.05, 0) is 73.0 Å². The van der Waals surface area contributed by atoms with Gasteiger partial charge in [-0.25, -0.2) is 0 Å². The summed E-state index contributed by atoms with van der Waals surface area (Å²) in [6.07, 6.45) is 3.02. The first-order chi connectivity index (χ1) is 16.6. The molecule has 2 heterocycles. The largest absolute Gasteiger partial charge is 0.497 e. The highest BCUT2D eigenvalue weighted by Gasteiger charge is 2.32. The molecule has 6 heteroatoms. The zero-order chi connectivity index (χ0) is 23.9. The number of carbonyl (C=O) groups excluding carboxylic acids is 1. The van der Waals surface area contributed by atoms with Crippen molar-refractivity contribution >= 4 is 17.2 Å². The van der Waals surface area contributed by atoms with Gasteiger partial charge in [-0.3, -0.25) is 9.69 Å². The fourth-order valence-electron chi connectivity index (χ4n) is 4.91. The maximum atomic E-state index is 13.2. The molecule has 1 atom stereocenters. The van der Waals surface area contributed by atoms with Gasteiger partial charge in [0.15, 0.2) is 0 Å². The van der Waals surface area contributed by atoms with Crippen LogP contribution in [0.1, 0.15) is 33.6 Å². The fourth-order valence-corrected chi connectivity index (χ4v) is 5.62. The van der Waals surface area contributed by atoms with Crippen molar-refractivity contribution in [2.45, 2.75) is 31.8 Å². The van der Waals surface area contributed by atoms with Crippen molar-refractivity contribution in [3.63, 3.8) is 0 Å². The van der Waals surface area contributed by atoms with Gasteiger partial charge in [0.05, 0.1) is 19.1 Å². The number of methoxy groups -OCH3 is 2. The number of piperidine rings is 1. The van der Waals surface area contributed by atoms with Gasteiger partial charge in [-0.1, -0.05) is 36.4 Å². The number of likely N-dealkylation sites (tertiary alicyclic amines) is 1. The minimum Gasteiger partial charge on any atom is -0.497 e. The average Bonchev–Trinajstić information content (AvgIpc) is 3.42. The lowest BCUT2D eigenvalue weighted by atomic mass is 9.84. The van der Waals surface area contributed by atoms with Gasteiger partial charge in [0.2, 0.25) is 0 Å². The molecular weight excluding hydrogens is 444 g/mol. The normalized spacial score (nSPS) is 15.6. The number of hydrogen-bond acceptors (Lipinski definition) is 5. The minimum atomic E-state index is 0.127. The molecule has 34 heavy (non-hydrogen) atoms. The number of hydrogen-bond donors (Lipinski definition) is 0. The molecule has 4 rings (SSSR count). The van der Waals surface area contributed by atoms with Crippen LogP contribution in [-0.2, 0) is 13.0 Å². The van der Waals surface area contributed by atoms with Gasteiger partial charge in [-0.2, -0.15) is 0 Å². The lowest BCUT2D eigenvalue weighted by molar-refractivity contribution is 0.0589. The van der Waals surface area contributed by atoms with E-state index < -0.39 is 0 Å². The molecule has 0 N–H and O–H groups in total. The molecule has 3 aromatic rings. The number of amides is 1. The highest BCUT2D eigenvalue weighted by atomic mass is 32.1. The van der Waals surface area contributed by atoms with Gasteiger partial charge >= 0.3 is 0 Å². The number of likely N-dealkylation sites (N-methyl/N-ethyl adjacent to an activating group) is 1. The number of benzene rings is 2. The van der Waals surface area contributed by atoms with Crippen molar-refractivity contribution in [2.75, 3.05) is 34.4 Å². The molecule has 0 spiro atoms. The zero-order valence-electron chi connectivity index (χ0n) is 20.3. The monoisotopic (exact) mass is 478 g/mol. The quantitative estimate of drug-likeness (QED) is 0.415. The van der Waals surface area contributed by atoms with Crippen LogP contribution >= 0.6 is 11.3 Å². The van der Waals surface area contributed by atoms with Gasteiger partial charge in [0.1, 0.15) is 11.5 Å². The van der Waals surface area contributed by atoms with Crippen LogP contribution in [0.3, 0.4) is 0 Å². The SMILES string of the molecule is COc1cc(CN2CCC(C(Cc3ccccc3)N(C)C(=O)c3cccs3)CC2)cc(OC)c1. The third kappa shape index (κ3) is 5.99. The highest BCUT2D eigenvalue weighted by Crippen LogP contribution is 2.30. The van der Waals surface area contributed by atoms with E-state index in [9.17, 15) is 4.79 Å². The molecule has 1 aliphatic rings. The Hall–Kier alpha value is -2.83. The van der Waals surface area contributed by atoms with Crippen LogP contribution in [0.15, 0.2) is 66.0 Å². The lowest BCUT2D eigenvalue weighted by Crippen LogP contribution is -2.47. The van der Waals surface area contributed by atoms with Gasteiger partial charge in [0, 0.05) is 25.7 Å². The lowest BCUT2D eigenvalue weighted by Gasteiger charge is -2.40. The summed E-state index contributed by atoms with van der Waals surface area (Å²) in [6.45, 7) is 2.89. The molecular formula is C28H34N2O3S. The molecule has 0 aliphatic carbocycles. The topological polar surface area (TPSA) is 42.0 Å². The van der Waals surface area contributed by atoms with Crippen LogP contribution < -0.4 is 9.47 Å². The van der Waals surface area contributed by atoms with Gasteiger partial charge in [0.25, 0.3) is 5.91 Å². The number of ether oxygens (including phenoxy) is 2. The van der Waals surface area contributed by atoms with Crippen molar-refractivity contribution in [1.29, 1.82) is 0 Å². The van der Waals surface area contributed by atoms with E-state index in [1.807, 2.05) is 41.6 Å². The van der Waals surface area contributed by atoms with E-state index in [4.69, 9.17) is 9.47 Å². The van der Waals surface area contributed by atoms with Gasteiger partial charge in [-0.15, -0.1) is 11.3 Å². The summed E-state index contributed by atoms with van der Waals surface area (Å²) in [4.78, 5) is 18.5. The van der Waals surface area contributed by atoms with E-state index in [2.05, 4.69) is 41.3 Å². The number of nitrogens with zero attached hydrogens (tertiary/aromatic N) is 2. The summed E-state index contributed by atoms with van der Waals surface area (Å²) in [5, 5.41) is 1.97. The average molecular weight is 479 g/mol. The molecule has 1 aliphatic heterocycles. The maximum absolute atomic E-state index is 13.2. The van der Waals surface area contributed by atoms with Crippen LogP contribution in [0.25, 0.3) is 0 Å². The zero-order valence-corrected chi connectivity index (χ0v) is 21.1. The summed E-state index contributed by atoms with van der Waals surface area (Å²) < 4.78 is 10.9. The Kier molecular flexibility index (Phi) is 8.25. The molecule has 0 bridgehead atoms. The first-order valence-electron chi connectivity index (χ1n) is 11.9. The van der Waals surface area contributed by atoms with Crippen LogP contribution in [0.4, 0.5) is 0 Å². The molecule has 1 fully saturated rings. The molecule has 1 amide bonds. The molecule has 0 radical (unpaired) electrons. The molecule has 1 unspecified atom stereocenters. The Morgan fingerprint density at radius 3 is 2.26 bits per heavy atom. The van der Waals surface area contributed by atoms with Crippen LogP contribution in [0, 0.1) is 5.92 Å². The predicted octanol–water partition coefficient (Wildman–Crippen LogP) is 5.36. The van der Waals surface area contributed by atoms with Crippen LogP contribution in [0.2, 0.25) is 0 Å². The Morgan fingerprint density at radius 2 is 1.68 bits per heavy atom. The first kappa shape index (κ1) is 24.3. The third-order valence-corrected chi connectivity index (χ3v) is 7.69. The Bertz CT molecular complexity index is 1020. The van der Waals surface area contributed by atoms with Crippen molar-refractivity contribution in [3.8, 4) is 11.5 Å². The van der Waals surface area contributed by atoms with Crippen molar-refractivity contribution in [2.24, 2.45) is 5.92 Å². The summed E-state index contributed by atoms with van der Waals surface area (Å²) in [5.74, 6) is 2.23. The van der Waals surface area contributed by atoms with Crippen LogP contribution in [-0.4, -0.2) is 56.1 Å². The standard InChI is InChI=1S/C28H34N2O3S/c1-29(28(31)27-10-7-15-34-27)26(18-21-8-5-4-6-9-21)23-11-13-30(14-12-23)20-22-16-24(32-2)19-25(17-22)33-3/h4-10,15-17,19,23,26H,11-14,18,20H2,1-3H3. The number of thiophene rings is 1. The molecule has 5 nitrogen and oxygen atoms in total. The summed E-state index contributed by atoms with van der Waals surface area (Å²) in [5.41, 5.74) is 2.48.